The van der Waals surface area contributed by atoms with E-state index in [1.807, 2.05) is 30.3 Å². The highest BCUT2D eigenvalue weighted by Gasteiger charge is 2.21. The van der Waals surface area contributed by atoms with Crippen LogP contribution in [0.25, 0.3) is 11.3 Å². The molecule has 3 aromatic rings. The van der Waals surface area contributed by atoms with Crippen molar-refractivity contribution in [1.82, 2.24) is 14.9 Å². The fourth-order valence-electron chi connectivity index (χ4n) is 4.64. The summed E-state index contributed by atoms with van der Waals surface area (Å²) in [6, 6.07) is 13.8. The van der Waals surface area contributed by atoms with Crippen molar-refractivity contribution in [1.29, 1.82) is 0 Å². The molecule has 5 rings (SSSR count). The number of rotatable bonds is 7. The molecule has 2 aromatic carbocycles. The first-order chi connectivity index (χ1) is 16.2. The lowest BCUT2D eigenvalue weighted by Gasteiger charge is -2.15. The number of carbonyl (C=O) groups is 1. The number of likely N-dealkylation sites (tertiary alicyclic amines) is 1. The summed E-state index contributed by atoms with van der Waals surface area (Å²) in [6.07, 6.45) is 6.72. The number of hydrogen-bond donors (Lipinski definition) is 3. The summed E-state index contributed by atoms with van der Waals surface area (Å²) in [5, 5.41) is 15.6. The van der Waals surface area contributed by atoms with Gasteiger partial charge in [0.05, 0.1) is 24.4 Å². The summed E-state index contributed by atoms with van der Waals surface area (Å²) in [4.78, 5) is 24.2. The van der Waals surface area contributed by atoms with E-state index in [1.54, 1.807) is 6.20 Å². The fourth-order valence-corrected chi connectivity index (χ4v) is 4.64. The minimum absolute atomic E-state index is 0.0255. The van der Waals surface area contributed by atoms with E-state index in [-0.39, 0.29) is 18.9 Å². The third kappa shape index (κ3) is 5.05. The van der Waals surface area contributed by atoms with Crippen LogP contribution in [0.2, 0.25) is 0 Å². The molecule has 7 heteroatoms. The van der Waals surface area contributed by atoms with Crippen LogP contribution in [0.15, 0.2) is 48.7 Å². The Balaban J connectivity index is 1.41. The number of aryl methyl sites for hydroxylation is 1. The molecule has 1 fully saturated rings. The Morgan fingerprint density at radius 2 is 1.97 bits per heavy atom. The number of benzene rings is 2. The van der Waals surface area contributed by atoms with Crippen molar-refractivity contribution in [3.63, 3.8) is 0 Å². The topological polar surface area (TPSA) is 90.4 Å². The van der Waals surface area contributed by atoms with Crippen LogP contribution in [0, 0.1) is 0 Å². The molecule has 170 valence electrons. The van der Waals surface area contributed by atoms with Crippen molar-refractivity contribution >= 4 is 23.2 Å². The van der Waals surface area contributed by atoms with Crippen LogP contribution < -0.4 is 10.6 Å². The zero-order valence-corrected chi connectivity index (χ0v) is 18.7. The maximum Gasteiger partial charge on any atom is 0.228 e. The van der Waals surface area contributed by atoms with Gasteiger partial charge in [-0.25, -0.2) is 9.97 Å². The number of nitrogens with one attached hydrogen (secondary N) is 2. The zero-order valence-electron chi connectivity index (χ0n) is 18.7. The predicted octanol–water partition coefficient (Wildman–Crippen LogP) is 3.90. The quantitative estimate of drug-likeness (QED) is 0.513. The Labute approximate surface area is 193 Å². The van der Waals surface area contributed by atoms with Crippen LogP contribution in [0.4, 0.5) is 17.3 Å². The second kappa shape index (κ2) is 9.68. The molecule has 3 heterocycles. The number of aromatic nitrogens is 2. The molecule has 0 atom stereocenters. The average molecular weight is 444 g/mol. The molecule has 0 bridgehead atoms. The van der Waals surface area contributed by atoms with Gasteiger partial charge in [0.1, 0.15) is 0 Å². The molecule has 0 unspecified atom stereocenters. The molecule has 2 aliphatic rings. The van der Waals surface area contributed by atoms with Crippen LogP contribution in [0.1, 0.15) is 36.0 Å². The predicted molar refractivity (Wildman–Crippen MR) is 129 cm³/mol. The molecule has 7 nitrogen and oxygen atoms in total. The smallest absolute Gasteiger partial charge is 0.228 e. The SMILES string of the molecule is O=C1Cc2cnc(Nc3cccc(CO)c3)nc2-c2cc(CCCN3CCCC3)ccc2N1. The van der Waals surface area contributed by atoms with Crippen LogP contribution >= 0.6 is 0 Å². The fraction of sp³-hybridized carbons (Fsp3) is 0.346. The first kappa shape index (κ1) is 21.6. The highest BCUT2D eigenvalue weighted by molar-refractivity contribution is 6.00. The zero-order chi connectivity index (χ0) is 22.6. The summed E-state index contributed by atoms with van der Waals surface area (Å²) >= 11 is 0. The molecule has 0 aliphatic carbocycles. The van der Waals surface area contributed by atoms with Crippen molar-refractivity contribution < 1.29 is 9.90 Å². The van der Waals surface area contributed by atoms with Gasteiger partial charge < -0.3 is 20.6 Å². The Bertz CT molecular complexity index is 1160. The van der Waals surface area contributed by atoms with Gasteiger partial charge in [-0.2, -0.15) is 0 Å². The minimum atomic E-state index is -0.0586. The second-order valence-corrected chi connectivity index (χ2v) is 8.81. The average Bonchev–Trinajstić information content (AvgIpc) is 3.30. The first-order valence-corrected chi connectivity index (χ1v) is 11.7. The van der Waals surface area contributed by atoms with Crippen molar-refractivity contribution in [3.05, 3.63) is 65.4 Å². The number of amides is 1. The van der Waals surface area contributed by atoms with Gasteiger partial charge in [0.25, 0.3) is 0 Å². The molecule has 0 radical (unpaired) electrons. The summed E-state index contributed by atoms with van der Waals surface area (Å²) < 4.78 is 0. The van der Waals surface area contributed by atoms with E-state index >= 15 is 0 Å². The Hall–Kier alpha value is -3.29. The van der Waals surface area contributed by atoms with Crippen molar-refractivity contribution in [2.24, 2.45) is 0 Å². The lowest BCUT2D eigenvalue weighted by atomic mass is 10.00. The maximum absolute atomic E-state index is 12.4. The molecule has 0 saturated carbocycles. The maximum atomic E-state index is 12.4. The van der Waals surface area contributed by atoms with Crippen molar-refractivity contribution in [2.45, 2.75) is 38.7 Å². The molecule has 2 aliphatic heterocycles. The van der Waals surface area contributed by atoms with E-state index in [9.17, 15) is 9.90 Å². The van der Waals surface area contributed by atoms with Gasteiger partial charge >= 0.3 is 0 Å². The molecule has 1 amide bonds. The lowest BCUT2D eigenvalue weighted by molar-refractivity contribution is -0.115. The largest absolute Gasteiger partial charge is 0.392 e. The molecular formula is C26H29N5O2. The van der Waals surface area contributed by atoms with Gasteiger partial charge in [-0.05, 0) is 80.7 Å². The van der Waals surface area contributed by atoms with E-state index in [0.29, 0.717) is 5.95 Å². The molecule has 1 saturated heterocycles. The van der Waals surface area contributed by atoms with Crippen LogP contribution in [-0.2, 0) is 24.2 Å². The van der Waals surface area contributed by atoms with E-state index in [1.165, 1.54) is 31.5 Å². The summed E-state index contributed by atoms with van der Waals surface area (Å²) in [7, 11) is 0. The van der Waals surface area contributed by atoms with Crippen molar-refractivity contribution in [2.75, 3.05) is 30.3 Å². The van der Waals surface area contributed by atoms with Crippen molar-refractivity contribution in [3.8, 4) is 11.3 Å². The third-order valence-electron chi connectivity index (χ3n) is 6.33. The first-order valence-electron chi connectivity index (χ1n) is 11.7. The molecule has 1 aromatic heterocycles. The molecule has 33 heavy (non-hydrogen) atoms. The van der Waals surface area contributed by atoms with Crippen LogP contribution in [-0.4, -0.2) is 45.5 Å². The number of aliphatic hydroxyl groups excluding tert-OH is 1. The number of fused-ring (bicyclic) bond motifs is 3. The number of carbonyl (C=O) groups excluding carboxylic acids is 1. The van der Waals surface area contributed by atoms with Gasteiger partial charge in [-0.15, -0.1) is 0 Å². The van der Waals surface area contributed by atoms with E-state index in [4.69, 9.17) is 4.98 Å². The number of nitrogens with zero attached hydrogens (tertiary/aromatic N) is 3. The van der Waals surface area contributed by atoms with E-state index in [0.717, 1.165) is 53.1 Å². The summed E-state index contributed by atoms with van der Waals surface area (Å²) in [6.45, 7) is 3.55. The highest BCUT2D eigenvalue weighted by atomic mass is 16.3. The Morgan fingerprint density at radius 1 is 1.09 bits per heavy atom. The van der Waals surface area contributed by atoms with Crippen LogP contribution in [0.5, 0.6) is 0 Å². The van der Waals surface area contributed by atoms with Gasteiger partial charge in [0.2, 0.25) is 11.9 Å². The van der Waals surface area contributed by atoms with Gasteiger partial charge in [-0.1, -0.05) is 18.2 Å². The van der Waals surface area contributed by atoms with E-state index < -0.39 is 0 Å². The van der Waals surface area contributed by atoms with E-state index in [2.05, 4.69) is 32.7 Å². The Kier molecular flexibility index (Phi) is 6.32. The molecular weight excluding hydrogens is 414 g/mol. The molecule has 3 N–H and O–H groups in total. The normalized spacial score (nSPS) is 15.5. The number of anilines is 3. The minimum Gasteiger partial charge on any atom is -0.392 e. The van der Waals surface area contributed by atoms with Gasteiger partial charge in [0, 0.05) is 23.0 Å². The monoisotopic (exact) mass is 443 g/mol. The second-order valence-electron chi connectivity index (χ2n) is 8.81. The van der Waals surface area contributed by atoms with Gasteiger partial charge in [-0.3, -0.25) is 4.79 Å². The van der Waals surface area contributed by atoms with Crippen LogP contribution in [0.3, 0.4) is 0 Å². The lowest BCUT2D eigenvalue weighted by Crippen LogP contribution is -2.20. The number of aliphatic hydroxyl groups is 1. The third-order valence-corrected chi connectivity index (χ3v) is 6.33. The summed E-state index contributed by atoms with van der Waals surface area (Å²) in [5.74, 6) is 0.403. The summed E-state index contributed by atoms with van der Waals surface area (Å²) in [5.41, 5.74) is 6.18. The molecule has 0 spiro atoms. The number of hydrogen-bond acceptors (Lipinski definition) is 6. The highest BCUT2D eigenvalue weighted by Crippen LogP contribution is 2.34. The van der Waals surface area contributed by atoms with Gasteiger partial charge in [0.15, 0.2) is 0 Å². The standard InChI is InChI=1S/C26H29N5O2/c32-17-19-5-3-7-21(13-19)28-26-27-16-20-15-24(33)29-23-9-8-18(14-22(23)25(20)30-26)6-4-12-31-10-1-2-11-31/h3,5,7-9,13-14,16,32H,1-2,4,6,10-12,15,17H2,(H,29,33)(H,27,28,30). The Morgan fingerprint density at radius 3 is 2.82 bits per heavy atom.